The van der Waals surface area contributed by atoms with Gasteiger partial charge in [0.15, 0.2) is 7.38 Å². The lowest BCUT2D eigenvalue weighted by molar-refractivity contribution is 0.851. The summed E-state index contributed by atoms with van der Waals surface area (Å²) < 4.78 is 0. The molecule has 0 heterocycles. The summed E-state index contributed by atoms with van der Waals surface area (Å²) in [4.78, 5) is 0. The molecule has 0 rings (SSSR count). The third-order valence-corrected chi connectivity index (χ3v) is 8.12. The quantitative estimate of drug-likeness (QED) is 0.415. The molecule has 0 spiro atoms. The van der Waals surface area contributed by atoms with Gasteiger partial charge >= 0.3 is 0 Å². The van der Waals surface area contributed by atoms with Crippen LogP contribution in [0.5, 0.6) is 0 Å². The van der Waals surface area contributed by atoms with E-state index in [0.717, 1.165) is 0 Å². The second-order valence-corrected chi connectivity index (χ2v) is 9.96. The van der Waals surface area contributed by atoms with E-state index in [1.54, 1.807) is 0 Å². The lowest BCUT2D eigenvalue weighted by atomic mass is 10.4. The van der Waals surface area contributed by atoms with Gasteiger partial charge in [-0.05, 0) is 18.1 Å². The third-order valence-electron chi connectivity index (χ3n) is 2.37. The normalized spacial score (nSPS) is 12.0. The van der Waals surface area contributed by atoms with E-state index in [-0.39, 0.29) is 0 Å². The van der Waals surface area contributed by atoms with E-state index in [2.05, 4.69) is 20.8 Å². The predicted molar refractivity (Wildman–Crippen MR) is 61.5 cm³/mol. The first kappa shape index (κ1) is 12.5. The van der Waals surface area contributed by atoms with E-state index in [0.29, 0.717) is 0 Å². The summed E-state index contributed by atoms with van der Waals surface area (Å²) >= 11 is 6.66. The highest BCUT2D eigenvalue weighted by atomic mass is 35.6. The van der Waals surface area contributed by atoms with Gasteiger partial charge in [-0.2, -0.15) is 11.1 Å². The van der Waals surface area contributed by atoms with E-state index < -0.39 is 7.38 Å². The van der Waals surface area contributed by atoms with Gasteiger partial charge in [-0.1, -0.05) is 46.5 Å². The second-order valence-electron chi connectivity index (χ2n) is 3.75. The van der Waals surface area contributed by atoms with Crippen LogP contribution in [0.3, 0.4) is 0 Å². The molecule has 12 heavy (non-hydrogen) atoms. The van der Waals surface area contributed by atoms with E-state index in [1.807, 2.05) is 0 Å². The van der Waals surface area contributed by atoms with Gasteiger partial charge in [0, 0.05) is 0 Å². The molecule has 0 saturated carbocycles. The van der Waals surface area contributed by atoms with E-state index in [9.17, 15) is 0 Å². The zero-order valence-electron chi connectivity index (χ0n) is 8.83. The molecule has 0 saturated heterocycles. The number of unbranched alkanes of at least 4 members (excludes halogenated alkanes) is 1. The lowest BCUT2D eigenvalue weighted by Crippen LogP contribution is -2.25. The average molecular weight is 207 g/mol. The fourth-order valence-electron chi connectivity index (χ4n) is 1.76. The third kappa shape index (κ3) is 5.21. The zero-order chi connectivity index (χ0) is 9.45. The number of hydrogen-bond acceptors (Lipinski definition) is 0. The molecule has 0 amide bonds. The standard InChI is InChI=1S/C10H23ClSi/c1-4-7-10-12(11,8-5-2)9-6-3/h4-10H2,1-3H3. The van der Waals surface area contributed by atoms with Gasteiger partial charge in [-0.15, -0.1) is 0 Å². The summed E-state index contributed by atoms with van der Waals surface area (Å²) in [6.45, 7) is 6.76. The molecule has 0 fully saturated rings. The van der Waals surface area contributed by atoms with Gasteiger partial charge in [0.1, 0.15) is 0 Å². The summed E-state index contributed by atoms with van der Waals surface area (Å²) in [5.74, 6) is 0. The molecule has 0 aliphatic rings. The van der Waals surface area contributed by atoms with Gasteiger partial charge in [-0.25, -0.2) is 0 Å². The minimum Gasteiger partial charge on any atom is -0.167 e. The van der Waals surface area contributed by atoms with Crippen molar-refractivity contribution in [3.63, 3.8) is 0 Å². The minimum atomic E-state index is -1.30. The molecule has 0 aromatic carbocycles. The van der Waals surface area contributed by atoms with Crippen LogP contribution in [-0.2, 0) is 0 Å². The van der Waals surface area contributed by atoms with Gasteiger partial charge in [0.2, 0.25) is 0 Å². The average Bonchev–Trinajstić information content (AvgIpc) is 2.02. The van der Waals surface area contributed by atoms with Crippen LogP contribution in [0.25, 0.3) is 0 Å². The molecule has 0 bridgehead atoms. The van der Waals surface area contributed by atoms with Crippen molar-refractivity contribution in [3.05, 3.63) is 0 Å². The van der Waals surface area contributed by atoms with E-state index >= 15 is 0 Å². The van der Waals surface area contributed by atoms with Gasteiger partial charge in [0.05, 0.1) is 0 Å². The summed E-state index contributed by atoms with van der Waals surface area (Å²) in [6.07, 6.45) is 5.20. The molecular weight excluding hydrogens is 184 g/mol. The molecule has 0 aliphatic carbocycles. The lowest BCUT2D eigenvalue weighted by Gasteiger charge is -2.23. The van der Waals surface area contributed by atoms with Gasteiger partial charge in [-0.3, -0.25) is 0 Å². The van der Waals surface area contributed by atoms with E-state index in [4.69, 9.17) is 11.1 Å². The smallest absolute Gasteiger partial charge is 0.156 e. The van der Waals surface area contributed by atoms with Gasteiger partial charge in [0.25, 0.3) is 0 Å². The summed E-state index contributed by atoms with van der Waals surface area (Å²) in [5, 5.41) is 0. The number of rotatable bonds is 7. The first-order chi connectivity index (χ1) is 5.68. The van der Waals surface area contributed by atoms with Crippen molar-refractivity contribution in [3.8, 4) is 0 Å². The first-order valence-electron chi connectivity index (χ1n) is 5.37. The van der Waals surface area contributed by atoms with Crippen LogP contribution in [0.4, 0.5) is 0 Å². The van der Waals surface area contributed by atoms with Crippen LogP contribution >= 0.6 is 11.1 Å². The SMILES string of the molecule is CCCC[Si](Cl)(CCC)CCC. The largest absolute Gasteiger partial charge is 0.167 e. The Morgan fingerprint density at radius 1 is 0.833 bits per heavy atom. The van der Waals surface area contributed by atoms with Crippen LogP contribution in [0.2, 0.25) is 18.1 Å². The molecule has 74 valence electrons. The molecule has 0 aromatic rings. The maximum Gasteiger partial charge on any atom is 0.156 e. The topological polar surface area (TPSA) is 0 Å². The number of halogens is 1. The van der Waals surface area contributed by atoms with E-state index in [1.165, 1.54) is 43.8 Å². The molecule has 0 aromatic heterocycles. The van der Waals surface area contributed by atoms with Crippen LogP contribution in [-0.4, -0.2) is 7.38 Å². The van der Waals surface area contributed by atoms with Crippen molar-refractivity contribution in [2.75, 3.05) is 0 Å². The van der Waals surface area contributed by atoms with Crippen LogP contribution < -0.4 is 0 Å². The Morgan fingerprint density at radius 2 is 1.33 bits per heavy atom. The van der Waals surface area contributed by atoms with Crippen molar-refractivity contribution in [1.29, 1.82) is 0 Å². The van der Waals surface area contributed by atoms with Crippen LogP contribution in [0.1, 0.15) is 46.5 Å². The van der Waals surface area contributed by atoms with Crippen molar-refractivity contribution < 1.29 is 0 Å². The summed E-state index contributed by atoms with van der Waals surface area (Å²) in [6, 6.07) is 3.98. The zero-order valence-corrected chi connectivity index (χ0v) is 10.6. The fourth-order valence-corrected chi connectivity index (χ4v) is 6.83. The van der Waals surface area contributed by atoms with Crippen molar-refractivity contribution in [1.82, 2.24) is 0 Å². The Morgan fingerprint density at radius 3 is 1.67 bits per heavy atom. The predicted octanol–water partition coefficient (Wildman–Crippen LogP) is 4.79. The maximum absolute atomic E-state index is 6.66. The molecule has 0 aliphatic heterocycles. The maximum atomic E-state index is 6.66. The van der Waals surface area contributed by atoms with Crippen LogP contribution in [0.15, 0.2) is 0 Å². The Balaban J connectivity index is 3.80. The molecule has 0 radical (unpaired) electrons. The Bertz CT molecular complexity index is 98.0. The fraction of sp³-hybridized carbons (Fsp3) is 1.00. The number of hydrogen-bond donors (Lipinski definition) is 0. The van der Waals surface area contributed by atoms with Crippen LogP contribution in [0, 0.1) is 0 Å². The minimum absolute atomic E-state index is 1.28. The summed E-state index contributed by atoms with van der Waals surface area (Å²) in [7, 11) is -1.30. The molecule has 0 unspecified atom stereocenters. The van der Waals surface area contributed by atoms with Crippen molar-refractivity contribution in [2.24, 2.45) is 0 Å². The monoisotopic (exact) mass is 206 g/mol. The highest BCUT2D eigenvalue weighted by Gasteiger charge is 2.27. The summed E-state index contributed by atoms with van der Waals surface area (Å²) in [5.41, 5.74) is 0. The highest BCUT2D eigenvalue weighted by molar-refractivity contribution is 7.20. The first-order valence-corrected chi connectivity index (χ1v) is 9.00. The molecule has 0 N–H and O–H groups in total. The molecule has 2 heteroatoms. The second kappa shape index (κ2) is 6.96. The molecular formula is C10H23ClSi. The highest BCUT2D eigenvalue weighted by Crippen LogP contribution is 2.30. The van der Waals surface area contributed by atoms with Crippen molar-refractivity contribution >= 4 is 18.5 Å². The molecule has 0 atom stereocenters. The Labute approximate surface area is 83.4 Å². The Hall–Kier alpha value is 0.507. The van der Waals surface area contributed by atoms with Gasteiger partial charge < -0.3 is 0 Å². The van der Waals surface area contributed by atoms with Crippen molar-refractivity contribution in [2.45, 2.75) is 64.6 Å². The Kier molecular flexibility index (Phi) is 7.26. The molecule has 0 nitrogen and oxygen atoms in total.